The molecule has 3 heteroatoms. The molecule has 0 aromatic rings. The van der Waals surface area contributed by atoms with Gasteiger partial charge in [0.25, 0.3) is 0 Å². The number of carbonyl (C=O) groups excluding carboxylic acids is 1. The van der Waals surface area contributed by atoms with Gasteiger partial charge in [0, 0.05) is 5.57 Å². The third-order valence-electron chi connectivity index (χ3n) is 1.46. The Hall–Kier alpha value is -1.25. The summed E-state index contributed by atoms with van der Waals surface area (Å²) in [5, 5.41) is 0. The number of nitrogens with two attached hydrogens (primary N) is 1. The van der Waals surface area contributed by atoms with Gasteiger partial charge in [-0.2, -0.15) is 0 Å². The SMILES string of the molecule is CC/C(C)=C\O/C=C(\C)C(N)=O. The molecular weight excluding hydrogens is 154 g/mol. The topological polar surface area (TPSA) is 52.3 Å². The fraction of sp³-hybridized carbons (Fsp3) is 0.444. The molecule has 1 amide bonds. The summed E-state index contributed by atoms with van der Waals surface area (Å²) in [6, 6.07) is 0. The summed E-state index contributed by atoms with van der Waals surface area (Å²) in [6.45, 7) is 5.59. The Labute approximate surface area is 72.9 Å². The second-order valence-electron chi connectivity index (χ2n) is 2.62. The molecule has 0 fully saturated rings. The predicted octanol–water partition coefficient (Wildman–Crippen LogP) is 1.71. The number of hydrogen-bond acceptors (Lipinski definition) is 2. The zero-order valence-electron chi connectivity index (χ0n) is 7.76. The molecule has 12 heavy (non-hydrogen) atoms. The van der Waals surface area contributed by atoms with Crippen molar-refractivity contribution < 1.29 is 9.53 Å². The third kappa shape index (κ3) is 4.55. The van der Waals surface area contributed by atoms with Crippen molar-refractivity contribution in [3.05, 3.63) is 23.7 Å². The minimum Gasteiger partial charge on any atom is -0.472 e. The number of allylic oxidation sites excluding steroid dienone is 1. The maximum Gasteiger partial charge on any atom is 0.247 e. The van der Waals surface area contributed by atoms with Gasteiger partial charge in [-0.05, 0) is 25.8 Å². The lowest BCUT2D eigenvalue weighted by molar-refractivity contribution is -0.114. The molecule has 0 radical (unpaired) electrons. The average Bonchev–Trinajstić information content (AvgIpc) is 2.03. The van der Waals surface area contributed by atoms with Crippen molar-refractivity contribution >= 4 is 5.91 Å². The van der Waals surface area contributed by atoms with Crippen molar-refractivity contribution in [3.8, 4) is 0 Å². The first-order valence-corrected chi connectivity index (χ1v) is 3.85. The summed E-state index contributed by atoms with van der Waals surface area (Å²) >= 11 is 0. The van der Waals surface area contributed by atoms with Crippen LogP contribution in [0.1, 0.15) is 27.2 Å². The van der Waals surface area contributed by atoms with Crippen molar-refractivity contribution in [1.29, 1.82) is 0 Å². The van der Waals surface area contributed by atoms with Crippen LogP contribution < -0.4 is 5.73 Å². The van der Waals surface area contributed by atoms with E-state index >= 15 is 0 Å². The summed E-state index contributed by atoms with van der Waals surface area (Å²) in [4.78, 5) is 10.5. The number of carbonyl (C=O) groups is 1. The molecule has 68 valence electrons. The second-order valence-corrected chi connectivity index (χ2v) is 2.62. The van der Waals surface area contributed by atoms with E-state index in [4.69, 9.17) is 10.5 Å². The molecule has 0 heterocycles. The molecule has 0 atom stereocenters. The Morgan fingerprint density at radius 3 is 2.42 bits per heavy atom. The first-order valence-electron chi connectivity index (χ1n) is 3.85. The smallest absolute Gasteiger partial charge is 0.247 e. The van der Waals surface area contributed by atoms with E-state index in [0.29, 0.717) is 5.57 Å². The van der Waals surface area contributed by atoms with E-state index in [-0.39, 0.29) is 0 Å². The van der Waals surface area contributed by atoms with Crippen LogP contribution in [0.3, 0.4) is 0 Å². The molecule has 0 aliphatic rings. The highest BCUT2D eigenvalue weighted by atomic mass is 16.5. The van der Waals surface area contributed by atoms with Crippen molar-refractivity contribution in [2.24, 2.45) is 5.73 Å². The quantitative estimate of drug-likeness (QED) is 0.514. The molecule has 0 saturated heterocycles. The molecule has 0 aromatic heterocycles. The van der Waals surface area contributed by atoms with E-state index < -0.39 is 5.91 Å². The lowest BCUT2D eigenvalue weighted by atomic mass is 10.3. The van der Waals surface area contributed by atoms with Gasteiger partial charge in [-0.3, -0.25) is 4.79 Å². The van der Waals surface area contributed by atoms with Crippen LogP contribution in [0.25, 0.3) is 0 Å². The first kappa shape index (κ1) is 10.8. The Morgan fingerprint density at radius 1 is 1.42 bits per heavy atom. The molecular formula is C9H15NO2. The van der Waals surface area contributed by atoms with Crippen LogP contribution in [-0.2, 0) is 9.53 Å². The van der Waals surface area contributed by atoms with Crippen LogP contribution in [0.2, 0.25) is 0 Å². The summed E-state index contributed by atoms with van der Waals surface area (Å²) in [6.07, 6.45) is 3.89. The van der Waals surface area contributed by atoms with Gasteiger partial charge in [-0.25, -0.2) is 0 Å². The van der Waals surface area contributed by atoms with Crippen LogP contribution in [0.4, 0.5) is 0 Å². The van der Waals surface area contributed by atoms with Crippen LogP contribution >= 0.6 is 0 Å². The van der Waals surface area contributed by atoms with E-state index in [2.05, 4.69) is 0 Å². The Morgan fingerprint density at radius 2 is 2.00 bits per heavy atom. The predicted molar refractivity (Wildman–Crippen MR) is 48.1 cm³/mol. The monoisotopic (exact) mass is 169 g/mol. The number of ether oxygens (including phenoxy) is 1. The van der Waals surface area contributed by atoms with Gasteiger partial charge in [0.05, 0.1) is 12.5 Å². The van der Waals surface area contributed by atoms with Gasteiger partial charge in [-0.15, -0.1) is 0 Å². The van der Waals surface area contributed by atoms with Crippen molar-refractivity contribution in [3.63, 3.8) is 0 Å². The van der Waals surface area contributed by atoms with Crippen LogP contribution in [0.5, 0.6) is 0 Å². The second kappa shape index (κ2) is 5.41. The minimum atomic E-state index is -0.461. The molecule has 0 aromatic carbocycles. The highest BCUT2D eigenvalue weighted by Gasteiger charge is 1.94. The average molecular weight is 169 g/mol. The lowest BCUT2D eigenvalue weighted by Crippen LogP contribution is -2.11. The molecule has 0 unspecified atom stereocenters. The molecule has 0 aliphatic carbocycles. The van der Waals surface area contributed by atoms with Gasteiger partial charge in [0.2, 0.25) is 5.91 Å². The highest BCUT2D eigenvalue weighted by Crippen LogP contribution is 1.99. The Kier molecular flexibility index (Phi) is 4.84. The fourth-order valence-electron chi connectivity index (χ4n) is 0.394. The molecule has 2 N–H and O–H groups in total. The molecule has 0 rings (SSSR count). The van der Waals surface area contributed by atoms with Crippen molar-refractivity contribution in [2.45, 2.75) is 27.2 Å². The van der Waals surface area contributed by atoms with Gasteiger partial charge in [-0.1, -0.05) is 6.92 Å². The van der Waals surface area contributed by atoms with Crippen molar-refractivity contribution in [2.75, 3.05) is 0 Å². The number of hydrogen-bond donors (Lipinski definition) is 1. The van der Waals surface area contributed by atoms with E-state index in [1.165, 1.54) is 6.26 Å². The number of amides is 1. The zero-order valence-corrected chi connectivity index (χ0v) is 7.76. The molecule has 0 aliphatic heterocycles. The highest BCUT2D eigenvalue weighted by molar-refractivity contribution is 5.90. The maximum absolute atomic E-state index is 10.5. The van der Waals surface area contributed by atoms with E-state index in [1.807, 2.05) is 13.8 Å². The summed E-state index contributed by atoms with van der Waals surface area (Å²) < 4.78 is 4.98. The maximum atomic E-state index is 10.5. The molecule has 3 nitrogen and oxygen atoms in total. The number of rotatable bonds is 4. The summed E-state index contributed by atoms with van der Waals surface area (Å²) in [7, 11) is 0. The first-order chi connectivity index (χ1) is 5.57. The lowest BCUT2D eigenvalue weighted by Gasteiger charge is -1.96. The van der Waals surface area contributed by atoms with Gasteiger partial charge in [0.1, 0.15) is 0 Å². The fourth-order valence-corrected chi connectivity index (χ4v) is 0.394. The largest absolute Gasteiger partial charge is 0.472 e. The summed E-state index contributed by atoms with van der Waals surface area (Å²) in [5.41, 5.74) is 6.50. The van der Waals surface area contributed by atoms with Crippen molar-refractivity contribution in [1.82, 2.24) is 0 Å². The van der Waals surface area contributed by atoms with Crippen LogP contribution in [0, 0.1) is 0 Å². The normalized spacial score (nSPS) is 12.9. The number of primary amides is 1. The Bertz CT molecular complexity index is 217. The zero-order chi connectivity index (χ0) is 9.56. The molecule has 0 saturated carbocycles. The Balaban J connectivity index is 3.98. The molecule has 0 spiro atoms. The van der Waals surface area contributed by atoms with E-state index in [9.17, 15) is 4.79 Å². The van der Waals surface area contributed by atoms with Gasteiger partial charge >= 0.3 is 0 Å². The van der Waals surface area contributed by atoms with Gasteiger partial charge < -0.3 is 10.5 Å². The van der Waals surface area contributed by atoms with Gasteiger partial charge in [0.15, 0.2) is 0 Å². The standard InChI is InChI=1S/C9H15NO2/c1-4-7(2)5-12-6-8(3)9(10)11/h5-6H,4H2,1-3H3,(H2,10,11)/b7-5-,8-6+. The van der Waals surface area contributed by atoms with E-state index in [1.54, 1.807) is 13.2 Å². The van der Waals surface area contributed by atoms with Crippen LogP contribution in [-0.4, -0.2) is 5.91 Å². The molecule has 0 bridgehead atoms. The minimum absolute atomic E-state index is 0.412. The summed E-state index contributed by atoms with van der Waals surface area (Å²) in [5.74, 6) is -0.461. The van der Waals surface area contributed by atoms with Crippen LogP contribution in [0.15, 0.2) is 23.7 Å². The van der Waals surface area contributed by atoms with E-state index in [0.717, 1.165) is 12.0 Å². The third-order valence-corrected chi connectivity index (χ3v) is 1.46.